The molecule has 3 rings (SSSR count). The molecule has 2 amide bonds. The Morgan fingerprint density at radius 2 is 1.70 bits per heavy atom. The molecular formula is C21H14Br2ClN3O3. The van der Waals surface area contributed by atoms with Gasteiger partial charge >= 0.3 is 0 Å². The third-order valence-corrected chi connectivity index (χ3v) is 5.27. The molecule has 0 radical (unpaired) electrons. The van der Waals surface area contributed by atoms with Crippen molar-refractivity contribution < 1.29 is 14.7 Å². The number of benzene rings is 3. The van der Waals surface area contributed by atoms with Crippen molar-refractivity contribution >= 4 is 67.2 Å². The molecule has 0 aliphatic carbocycles. The fourth-order valence-corrected chi connectivity index (χ4v) is 3.88. The van der Waals surface area contributed by atoms with E-state index in [-0.39, 0.29) is 17.2 Å². The number of hydrogen-bond donors (Lipinski definition) is 3. The number of phenols is 1. The maximum Gasteiger partial charge on any atom is 0.273 e. The van der Waals surface area contributed by atoms with Crippen molar-refractivity contribution in [3.63, 3.8) is 0 Å². The van der Waals surface area contributed by atoms with Crippen molar-refractivity contribution in [1.82, 2.24) is 5.43 Å². The maximum atomic E-state index is 12.6. The Morgan fingerprint density at radius 3 is 2.43 bits per heavy atom. The van der Waals surface area contributed by atoms with Crippen LogP contribution in [0.25, 0.3) is 0 Å². The van der Waals surface area contributed by atoms with E-state index in [2.05, 4.69) is 47.7 Å². The Labute approximate surface area is 194 Å². The number of aromatic hydroxyl groups is 1. The predicted molar refractivity (Wildman–Crippen MR) is 124 cm³/mol. The number of anilines is 1. The van der Waals surface area contributed by atoms with Crippen LogP contribution in [0.3, 0.4) is 0 Å². The number of para-hydroxylation sites is 1. The van der Waals surface area contributed by atoms with Gasteiger partial charge in [0.05, 0.1) is 21.9 Å². The number of hydrogen-bond acceptors (Lipinski definition) is 4. The first-order valence-electron chi connectivity index (χ1n) is 8.52. The molecule has 6 nitrogen and oxygen atoms in total. The van der Waals surface area contributed by atoms with Crippen molar-refractivity contribution in [3.05, 3.63) is 91.3 Å². The Morgan fingerprint density at radius 1 is 1.00 bits per heavy atom. The van der Waals surface area contributed by atoms with Gasteiger partial charge in [-0.15, -0.1) is 0 Å². The van der Waals surface area contributed by atoms with E-state index in [0.29, 0.717) is 26.3 Å². The molecule has 0 aliphatic heterocycles. The summed E-state index contributed by atoms with van der Waals surface area (Å²) >= 11 is 12.4. The van der Waals surface area contributed by atoms with Gasteiger partial charge in [-0.1, -0.05) is 39.7 Å². The van der Waals surface area contributed by atoms with Crippen LogP contribution in [0.4, 0.5) is 5.69 Å². The maximum absolute atomic E-state index is 12.6. The summed E-state index contributed by atoms with van der Waals surface area (Å²) in [5.74, 6) is -0.905. The van der Waals surface area contributed by atoms with Gasteiger partial charge in [-0.25, -0.2) is 5.43 Å². The zero-order chi connectivity index (χ0) is 21.7. The van der Waals surface area contributed by atoms with Crippen LogP contribution in [0.5, 0.6) is 5.75 Å². The second-order valence-electron chi connectivity index (χ2n) is 6.03. The number of nitrogens with one attached hydrogen (secondary N) is 2. The number of nitrogens with zero attached hydrogens (tertiary/aromatic N) is 1. The van der Waals surface area contributed by atoms with Gasteiger partial charge in [0.1, 0.15) is 5.75 Å². The number of carbonyl (C=O) groups is 2. The lowest BCUT2D eigenvalue weighted by molar-refractivity contribution is 0.0956. The lowest BCUT2D eigenvalue weighted by Gasteiger charge is -2.10. The molecular weight excluding hydrogens is 538 g/mol. The lowest BCUT2D eigenvalue weighted by atomic mass is 10.1. The number of carbonyl (C=O) groups excluding carboxylic acids is 2. The molecule has 0 saturated heterocycles. The van der Waals surface area contributed by atoms with Crippen LogP contribution in [-0.2, 0) is 0 Å². The molecule has 152 valence electrons. The van der Waals surface area contributed by atoms with Gasteiger partial charge in [0.2, 0.25) is 0 Å². The fourth-order valence-electron chi connectivity index (χ4n) is 2.49. The van der Waals surface area contributed by atoms with Gasteiger partial charge in [-0.2, -0.15) is 5.10 Å². The third kappa shape index (κ3) is 5.47. The summed E-state index contributed by atoms with van der Waals surface area (Å²) in [6, 6.07) is 16.3. The molecule has 0 atom stereocenters. The highest BCUT2D eigenvalue weighted by atomic mass is 79.9. The van der Waals surface area contributed by atoms with Crippen molar-refractivity contribution in [1.29, 1.82) is 0 Å². The van der Waals surface area contributed by atoms with Gasteiger partial charge in [0.15, 0.2) is 0 Å². The van der Waals surface area contributed by atoms with Gasteiger partial charge in [0, 0.05) is 20.6 Å². The standard InChI is InChI=1S/C21H14Br2ClN3O3/c22-14-9-13(19(28)17(23)10-14)11-25-27-21(30)16-3-1-2-4-18(16)26-20(29)12-5-7-15(24)8-6-12/h1-11,28H,(H,26,29)(H,27,30)/b25-11-. The van der Waals surface area contributed by atoms with Crippen LogP contribution >= 0.6 is 43.5 Å². The predicted octanol–water partition coefficient (Wildman–Crippen LogP) is 5.59. The molecule has 3 aromatic rings. The summed E-state index contributed by atoms with van der Waals surface area (Å²) in [6.45, 7) is 0. The first-order valence-corrected chi connectivity index (χ1v) is 10.5. The van der Waals surface area contributed by atoms with Gasteiger partial charge < -0.3 is 10.4 Å². The quantitative estimate of drug-likeness (QED) is 0.285. The molecule has 0 unspecified atom stereocenters. The average molecular weight is 552 g/mol. The summed E-state index contributed by atoms with van der Waals surface area (Å²) in [5, 5.41) is 17.2. The monoisotopic (exact) mass is 549 g/mol. The summed E-state index contributed by atoms with van der Waals surface area (Å²) < 4.78 is 1.22. The molecule has 0 bridgehead atoms. The molecule has 9 heteroatoms. The van der Waals surface area contributed by atoms with Crippen molar-refractivity contribution in [3.8, 4) is 5.75 Å². The van der Waals surface area contributed by atoms with E-state index in [1.807, 2.05) is 0 Å². The Kier molecular flexibility index (Phi) is 7.25. The second-order valence-corrected chi connectivity index (χ2v) is 8.24. The number of halogens is 3. The minimum atomic E-state index is -0.521. The Balaban J connectivity index is 1.74. The summed E-state index contributed by atoms with van der Waals surface area (Å²) in [7, 11) is 0. The van der Waals surface area contributed by atoms with Crippen molar-refractivity contribution in [2.24, 2.45) is 5.10 Å². The molecule has 0 aliphatic rings. The van der Waals surface area contributed by atoms with Crippen molar-refractivity contribution in [2.45, 2.75) is 0 Å². The number of hydrazone groups is 1. The van der Waals surface area contributed by atoms with Crippen LogP contribution in [0.2, 0.25) is 5.02 Å². The first kappa shape index (κ1) is 22.0. The van der Waals surface area contributed by atoms with Crippen LogP contribution in [-0.4, -0.2) is 23.1 Å². The fraction of sp³-hybridized carbons (Fsp3) is 0. The lowest BCUT2D eigenvalue weighted by Crippen LogP contribution is -2.21. The van der Waals surface area contributed by atoms with E-state index >= 15 is 0 Å². The SMILES string of the molecule is O=C(Nc1ccccc1C(=O)N/N=C\c1cc(Br)cc(Br)c1O)c1ccc(Cl)cc1. The molecule has 3 N–H and O–H groups in total. The largest absolute Gasteiger partial charge is 0.506 e. The molecule has 30 heavy (non-hydrogen) atoms. The zero-order valence-electron chi connectivity index (χ0n) is 15.2. The molecule has 0 heterocycles. The van der Waals surface area contributed by atoms with Crippen molar-refractivity contribution in [2.75, 3.05) is 5.32 Å². The van der Waals surface area contributed by atoms with E-state index < -0.39 is 5.91 Å². The summed E-state index contributed by atoms with van der Waals surface area (Å²) in [6.07, 6.45) is 1.32. The molecule has 0 aromatic heterocycles. The summed E-state index contributed by atoms with van der Waals surface area (Å²) in [5.41, 5.74) is 3.77. The highest BCUT2D eigenvalue weighted by Crippen LogP contribution is 2.30. The minimum absolute atomic E-state index is 0.00757. The molecule has 0 saturated carbocycles. The summed E-state index contributed by atoms with van der Waals surface area (Å²) in [4.78, 5) is 25.0. The van der Waals surface area contributed by atoms with E-state index in [0.717, 1.165) is 4.47 Å². The molecule has 0 spiro atoms. The van der Waals surface area contributed by atoms with Crippen LogP contribution < -0.4 is 10.7 Å². The van der Waals surface area contributed by atoms with E-state index in [4.69, 9.17) is 11.6 Å². The molecule has 0 fully saturated rings. The highest BCUT2D eigenvalue weighted by molar-refractivity contribution is 9.11. The van der Waals surface area contributed by atoms with Gasteiger partial charge in [-0.05, 0) is 64.5 Å². The molecule has 3 aromatic carbocycles. The third-order valence-electron chi connectivity index (χ3n) is 3.95. The second kappa shape index (κ2) is 9.88. The Hall–Kier alpha value is -2.68. The number of amides is 2. The topological polar surface area (TPSA) is 90.8 Å². The number of rotatable bonds is 5. The van der Waals surface area contributed by atoms with E-state index in [1.165, 1.54) is 6.21 Å². The van der Waals surface area contributed by atoms with Crippen LogP contribution in [0.1, 0.15) is 26.3 Å². The highest BCUT2D eigenvalue weighted by Gasteiger charge is 2.14. The average Bonchev–Trinajstić information content (AvgIpc) is 2.72. The Bertz CT molecular complexity index is 1130. The zero-order valence-corrected chi connectivity index (χ0v) is 19.1. The number of phenolic OH excluding ortho intramolecular Hbond substituents is 1. The smallest absolute Gasteiger partial charge is 0.273 e. The van der Waals surface area contributed by atoms with Crippen LogP contribution in [0, 0.1) is 0 Å². The minimum Gasteiger partial charge on any atom is -0.506 e. The van der Waals surface area contributed by atoms with Gasteiger partial charge in [0.25, 0.3) is 11.8 Å². The van der Waals surface area contributed by atoms with E-state index in [1.54, 1.807) is 60.7 Å². The normalized spacial score (nSPS) is 10.8. The van der Waals surface area contributed by atoms with E-state index in [9.17, 15) is 14.7 Å². The van der Waals surface area contributed by atoms with Crippen LogP contribution in [0.15, 0.2) is 74.7 Å². The first-order chi connectivity index (χ1) is 14.3. The van der Waals surface area contributed by atoms with Gasteiger partial charge in [-0.3, -0.25) is 9.59 Å².